The van der Waals surface area contributed by atoms with E-state index in [4.69, 9.17) is 22.1 Å². The minimum Gasteiger partial charge on any atom is -0.192 e. The van der Waals surface area contributed by atoms with E-state index in [-0.39, 0.29) is 10.6 Å². The van der Waals surface area contributed by atoms with Gasteiger partial charge in [-0.1, -0.05) is 72.3 Å². The van der Waals surface area contributed by atoms with E-state index in [0.717, 1.165) is 16.7 Å². The average molecular weight is 291 g/mol. The lowest BCUT2D eigenvalue weighted by Gasteiger charge is -2.08. The maximum absolute atomic E-state index is 8.91. The molecule has 0 aliphatic carbocycles. The Morgan fingerprint density at radius 1 is 0.810 bits per heavy atom. The largest absolute Gasteiger partial charge is 0.192 e. The van der Waals surface area contributed by atoms with Gasteiger partial charge in [0.2, 0.25) is 0 Å². The molecule has 0 aliphatic rings. The van der Waals surface area contributed by atoms with Gasteiger partial charge in [-0.15, -0.1) is 0 Å². The molecule has 0 bridgehead atoms. The molecule has 2 aromatic rings. The number of nitrogens with zero attached hydrogens (tertiary/aromatic N) is 2. The van der Waals surface area contributed by atoms with Crippen molar-refractivity contribution in [2.24, 2.45) is 0 Å². The maximum Gasteiger partial charge on any atom is 0.148 e. The van der Waals surface area contributed by atoms with Crippen LogP contribution in [0.1, 0.15) is 11.1 Å². The summed E-state index contributed by atoms with van der Waals surface area (Å²) in [5.74, 6) is 0. The number of halogens is 1. The van der Waals surface area contributed by atoms with E-state index in [1.807, 2.05) is 60.7 Å². The van der Waals surface area contributed by atoms with Gasteiger partial charge in [-0.25, -0.2) is 0 Å². The lowest BCUT2D eigenvalue weighted by Crippen LogP contribution is -1.89. The van der Waals surface area contributed by atoms with Crippen LogP contribution in [0.3, 0.4) is 0 Å². The molecule has 0 radical (unpaired) electrons. The maximum atomic E-state index is 8.91. The van der Waals surface area contributed by atoms with Crippen LogP contribution in [0.2, 0.25) is 0 Å². The molecule has 0 heterocycles. The van der Waals surface area contributed by atoms with E-state index in [0.29, 0.717) is 0 Å². The van der Waals surface area contributed by atoms with E-state index in [9.17, 15) is 0 Å². The fourth-order valence-electron chi connectivity index (χ4n) is 1.90. The molecular weight excluding hydrogens is 280 g/mol. The summed E-state index contributed by atoms with van der Waals surface area (Å²) < 4.78 is 0. The summed E-state index contributed by atoms with van der Waals surface area (Å²) in [4.78, 5) is 0. The zero-order valence-electron chi connectivity index (χ0n) is 11.1. The van der Waals surface area contributed by atoms with Gasteiger partial charge in [-0.05, 0) is 22.8 Å². The predicted molar refractivity (Wildman–Crippen MR) is 84.1 cm³/mol. The molecule has 2 aromatic carbocycles. The lowest BCUT2D eigenvalue weighted by atomic mass is 9.97. The number of hydrogen-bond donors (Lipinski definition) is 0. The highest BCUT2D eigenvalue weighted by Crippen LogP contribution is 2.26. The van der Waals surface area contributed by atoms with Crippen LogP contribution in [0.25, 0.3) is 5.57 Å². The van der Waals surface area contributed by atoms with Crippen molar-refractivity contribution in [3.8, 4) is 12.1 Å². The van der Waals surface area contributed by atoms with Crippen molar-refractivity contribution in [1.29, 1.82) is 10.5 Å². The SMILES string of the molecule is N#CC(C#N)=C(Cl)C=C(c1ccccc1)c1ccccc1. The van der Waals surface area contributed by atoms with Crippen LogP contribution in [0.15, 0.2) is 77.3 Å². The average Bonchev–Trinajstić information content (AvgIpc) is 2.55. The standard InChI is InChI=1S/C18H11ClN2/c19-18(16(12-20)13-21)11-17(14-7-3-1-4-8-14)15-9-5-2-6-10-15/h1-11H. The second-order valence-corrected chi connectivity index (χ2v) is 4.64. The molecule has 21 heavy (non-hydrogen) atoms. The first kappa shape index (κ1) is 14.6. The van der Waals surface area contributed by atoms with E-state index < -0.39 is 0 Å². The van der Waals surface area contributed by atoms with Crippen molar-refractivity contribution in [3.63, 3.8) is 0 Å². The van der Waals surface area contributed by atoms with Crippen molar-refractivity contribution in [2.45, 2.75) is 0 Å². The summed E-state index contributed by atoms with van der Waals surface area (Å²) in [6, 6.07) is 23.0. The molecule has 0 spiro atoms. The fraction of sp³-hybridized carbons (Fsp3) is 0. The quantitative estimate of drug-likeness (QED) is 0.610. The summed E-state index contributed by atoms with van der Waals surface area (Å²) in [5.41, 5.74) is 2.71. The van der Waals surface area contributed by atoms with Gasteiger partial charge in [0.25, 0.3) is 0 Å². The van der Waals surface area contributed by atoms with Crippen molar-refractivity contribution < 1.29 is 0 Å². The van der Waals surface area contributed by atoms with Crippen LogP contribution >= 0.6 is 11.6 Å². The Morgan fingerprint density at radius 2 is 1.24 bits per heavy atom. The van der Waals surface area contributed by atoms with Gasteiger partial charge in [0.1, 0.15) is 17.7 Å². The Hall–Kier alpha value is -2.81. The van der Waals surface area contributed by atoms with E-state index in [1.54, 1.807) is 18.2 Å². The normalized spacial score (nSPS) is 9.10. The first-order valence-electron chi connectivity index (χ1n) is 6.28. The van der Waals surface area contributed by atoms with Crippen molar-refractivity contribution in [3.05, 3.63) is 88.5 Å². The topological polar surface area (TPSA) is 47.6 Å². The lowest BCUT2D eigenvalue weighted by molar-refractivity contribution is 1.45. The first-order valence-corrected chi connectivity index (χ1v) is 6.66. The van der Waals surface area contributed by atoms with E-state index >= 15 is 0 Å². The molecule has 0 aliphatic heterocycles. The molecule has 0 saturated carbocycles. The molecule has 2 nitrogen and oxygen atoms in total. The fourth-order valence-corrected chi connectivity index (χ4v) is 2.09. The molecule has 0 amide bonds. The zero-order chi connectivity index (χ0) is 15.1. The Balaban J connectivity index is 2.62. The minimum atomic E-state index is -0.0963. The highest BCUT2D eigenvalue weighted by atomic mass is 35.5. The van der Waals surface area contributed by atoms with Crippen LogP contribution in [0, 0.1) is 22.7 Å². The zero-order valence-corrected chi connectivity index (χ0v) is 11.9. The molecule has 100 valence electrons. The van der Waals surface area contributed by atoms with Crippen molar-refractivity contribution >= 4 is 17.2 Å². The van der Waals surface area contributed by atoms with Crippen molar-refractivity contribution in [1.82, 2.24) is 0 Å². The van der Waals surface area contributed by atoms with Gasteiger partial charge >= 0.3 is 0 Å². The van der Waals surface area contributed by atoms with Gasteiger partial charge < -0.3 is 0 Å². The second kappa shape index (κ2) is 7.10. The summed E-state index contributed by atoms with van der Waals surface area (Å²) >= 11 is 6.10. The van der Waals surface area contributed by atoms with Gasteiger partial charge in [-0.3, -0.25) is 0 Å². The molecule has 0 saturated heterocycles. The Labute approximate surface area is 128 Å². The van der Waals surface area contributed by atoms with Gasteiger partial charge in [0.05, 0.1) is 5.03 Å². The number of rotatable bonds is 3. The second-order valence-electron chi connectivity index (χ2n) is 4.24. The number of benzene rings is 2. The van der Waals surface area contributed by atoms with Crippen LogP contribution in [-0.4, -0.2) is 0 Å². The minimum absolute atomic E-state index is 0.0963. The molecule has 3 heteroatoms. The summed E-state index contributed by atoms with van der Waals surface area (Å²) in [6.07, 6.45) is 1.66. The van der Waals surface area contributed by atoms with Crippen LogP contribution in [0.4, 0.5) is 0 Å². The highest BCUT2D eigenvalue weighted by molar-refractivity contribution is 6.32. The monoisotopic (exact) mass is 290 g/mol. The third-order valence-corrected chi connectivity index (χ3v) is 3.20. The molecule has 0 N–H and O–H groups in total. The van der Waals surface area contributed by atoms with Gasteiger partial charge in [0, 0.05) is 0 Å². The Morgan fingerprint density at radius 3 is 1.62 bits per heavy atom. The third kappa shape index (κ3) is 3.60. The molecule has 0 fully saturated rings. The highest BCUT2D eigenvalue weighted by Gasteiger charge is 2.07. The molecule has 0 atom stereocenters. The number of nitriles is 2. The van der Waals surface area contributed by atoms with Crippen LogP contribution < -0.4 is 0 Å². The molecule has 2 rings (SSSR count). The summed E-state index contributed by atoms with van der Waals surface area (Å²) in [5, 5.41) is 18.0. The molecular formula is C18H11ClN2. The first-order chi connectivity index (χ1) is 10.3. The van der Waals surface area contributed by atoms with E-state index in [2.05, 4.69) is 0 Å². The summed E-state index contributed by atoms with van der Waals surface area (Å²) in [7, 11) is 0. The molecule has 0 unspecified atom stereocenters. The van der Waals surface area contributed by atoms with E-state index in [1.165, 1.54) is 0 Å². The van der Waals surface area contributed by atoms with Crippen molar-refractivity contribution in [2.75, 3.05) is 0 Å². The number of allylic oxidation sites excluding steroid dienone is 3. The predicted octanol–water partition coefficient (Wildman–Crippen LogP) is 4.66. The molecule has 0 aromatic heterocycles. The number of hydrogen-bond acceptors (Lipinski definition) is 2. The summed E-state index contributed by atoms with van der Waals surface area (Å²) in [6.45, 7) is 0. The Bertz CT molecular complexity index is 703. The third-order valence-electron chi connectivity index (χ3n) is 2.90. The van der Waals surface area contributed by atoms with Crippen LogP contribution in [-0.2, 0) is 0 Å². The Kier molecular flexibility index (Phi) is 4.94. The van der Waals surface area contributed by atoms with Gasteiger partial charge in [-0.2, -0.15) is 10.5 Å². The van der Waals surface area contributed by atoms with Gasteiger partial charge in [0.15, 0.2) is 0 Å². The smallest absolute Gasteiger partial charge is 0.148 e. The van der Waals surface area contributed by atoms with Crippen LogP contribution in [0.5, 0.6) is 0 Å².